The third-order valence-electron chi connectivity index (χ3n) is 2.79. The van der Waals surface area contributed by atoms with Crippen molar-refractivity contribution in [1.29, 1.82) is 0 Å². The summed E-state index contributed by atoms with van der Waals surface area (Å²) in [5.74, 6) is 0.468. The van der Waals surface area contributed by atoms with Crippen molar-refractivity contribution in [3.63, 3.8) is 0 Å². The molecule has 0 atom stereocenters. The molecule has 7 heteroatoms. The summed E-state index contributed by atoms with van der Waals surface area (Å²) < 4.78 is 7.06. The summed E-state index contributed by atoms with van der Waals surface area (Å²) in [6.07, 6.45) is 3.36. The van der Waals surface area contributed by atoms with E-state index < -0.39 is 0 Å². The van der Waals surface area contributed by atoms with Crippen molar-refractivity contribution < 1.29 is 4.42 Å². The van der Waals surface area contributed by atoms with Gasteiger partial charge in [-0.1, -0.05) is 17.7 Å². The van der Waals surface area contributed by atoms with E-state index in [0.717, 1.165) is 11.3 Å². The summed E-state index contributed by atoms with van der Waals surface area (Å²) in [4.78, 5) is 4.26. The first kappa shape index (κ1) is 13.8. The first-order valence-corrected chi connectivity index (χ1v) is 6.99. The van der Waals surface area contributed by atoms with Crippen LogP contribution in [0.15, 0.2) is 53.2 Å². The molecule has 21 heavy (non-hydrogen) atoms. The molecule has 3 aromatic rings. The van der Waals surface area contributed by atoms with Gasteiger partial charge in [0.2, 0.25) is 5.89 Å². The molecule has 0 aliphatic rings. The smallest absolute Gasteiger partial charge is 0.289 e. The van der Waals surface area contributed by atoms with Crippen molar-refractivity contribution in [2.24, 2.45) is 0 Å². The van der Waals surface area contributed by atoms with Gasteiger partial charge in [0.05, 0.1) is 0 Å². The lowest BCUT2D eigenvalue weighted by Crippen LogP contribution is -2.09. The maximum absolute atomic E-state index is 5.93. The topological polar surface area (TPSA) is 55.9 Å². The number of hydrogen-bond donors (Lipinski definition) is 1. The summed E-state index contributed by atoms with van der Waals surface area (Å²) in [7, 11) is 0. The van der Waals surface area contributed by atoms with Gasteiger partial charge in [-0.05, 0) is 42.5 Å². The molecular weight excluding hydrogens is 308 g/mol. The Morgan fingerprint density at radius 3 is 2.81 bits per heavy atom. The quantitative estimate of drug-likeness (QED) is 0.737. The lowest BCUT2D eigenvalue weighted by molar-refractivity contribution is 0.522. The van der Waals surface area contributed by atoms with Crippen molar-refractivity contribution in [1.82, 2.24) is 14.8 Å². The summed E-state index contributed by atoms with van der Waals surface area (Å²) in [6.45, 7) is 0.397. The van der Waals surface area contributed by atoms with Gasteiger partial charge in [-0.3, -0.25) is 4.98 Å². The molecule has 1 aromatic carbocycles. The van der Waals surface area contributed by atoms with E-state index in [0.29, 0.717) is 22.4 Å². The molecular formula is C14H11ClN4OS. The lowest BCUT2D eigenvalue weighted by Gasteiger charge is -2.05. The molecule has 1 N–H and O–H groups in total. The Kier molecular flexibility index (Phi) is 3.98. The Labute approximate surface area is 131 Å². The summed E-state index contributed by atoms with van der Waals surface area (Å²) >= 11 is 11.1. The van der Waals surface area contributed by atoms with Crippen LogP contribution < -0.4 is 5.32 Å². The van der Waals surface area contributed by atoms with Crippen LogP contribution in [0.4, 0.5) is 5.69 Å². The van der Waals surface area contributed by atoms with Crippen LogP contribution in [0.25, 0.3) is 11.5 Å². The van der Waals surface area contributed by atoms with Gasteiger partial charge < -0.3 is 9.73 Å². The first-order chi connectivity index (χ1) is 10.2. The molecule has 0 saturated heterocycles. The number of hydrogen-bond acceptors (Lipinski definition) is 5. The number of rotatable bonds is 4. The van der Waals surface area contributed by atoms with Crippen molar-refractivity contribution >= 4 is 29.5 Å². The fourth-order valence-corrected chi connectivity index (χ4v) is 2.16. The minimum atomic E-state index is 0.302. The Morgan fingerprint density at radius 1 is 1.24 bits per heavy atom. The number of aromatic nitrogens is 3. The predicted octanol–water partition coefficient (Wildman–Crippen LogP) is 3.99. The molecule has 5 nitrogen and oxygen atoms in total. The number of halogens is 1. The largest absolute Gasteiger partial charge is 0.409 e. The van der Waals surface area contributed by atoms with E-state index in [9.17, 15) is 0 Å². The maximum Gasteiger partial charge on any atom is 0.289 e. The van der Waals surface area contributed by atoms with Crippen LogP contribution in [0.2, 0.25) is 5.02 Å². The van der Waals surface area contributed by atoms with Crippen LogP contribution >= 0.6 is 23.8 Å². The first-order valence-electron chi connectivity index (χ1n) is 6.20. The lowest BCUT2D eigenvalue weighted by atomic mass is 10.3. The van der Waals surface area contributed by atoms with Crippen LogP contribution in [0.1, 0.15) is 0 Å². The molecule has 106 valence electrons. The zero-order chi connectivity index (χ0) is 14.7. The molecule has 0 spiro atoms. The van der Waals surface area contributed by atoms with E-state index in [-0.39, 0.29) is 0 Å². The van der Waals surface area contributed by atoms with Crippen molar-refractivity contribution in [2.75, 3.05) is 5.32 Å². The molecule has 0 unspecified atom stereocenters. The fourth-order valence-electron chi connectivity index (χ4n) is 1.78. The van der Waals surface area contributed by atoms with Gasteiger partial charge in [0.15, 0.2) is 0 Å². The highest BCUT2D eigenvalue weighted by atomic mass is 35.5. The van der Waals surface area contributed by atoms with E-state index in [1.165, 1.54) is 0 Å². The van der Waals surface area contributed by atoms with Gasteiger partial charge in [0, 0.05) is 28.7 Å². The Hall–Kier alpha value is -2.18. The molecule has 2 heterocycles. The normalized spacial score (nSPS) is 10.5. The number of pyridine rings is 1. The van der Waals surface area contributed by atoms with Crippen LogP contribution in [0.3, 0.4) is 0 Å². The van der Waals surface area contributed by atoms with E-state index in [1.54, 1.807) is 17.1 Å². The van der Waals surface area contributed by atoms with E-state index in [4.69, 9.17) is 28.2 Å². The highest BCUT2D eigenvalue weighted by Gasteiger charge is 2.07. The second-order valence-electron chi connectivity index (χ2n) is 4.25. The third kappa shape index (κ3) is 3.29. The van der Waals surface area contributed by atoms with Gasteiger partial charge >= 0.3 is 0 Å². The zero-order valence-electron chi connectivity index (χ0n) is 10.9. The van der Waals surface area contributed by atoms with E-state index in [2.05, 4.69) is 15.4 Å². The fraction of sp³-hybridized carbons (Fsp3) is 0.0714. The monoisotopic (exact) mass is 318 g/mol. The Morgan fingerprint density at radius 2 is 2.05 bits per heavy atom. The van der Waals surface area contributed by atoms with Crippen LogP contribution in [-0.4, -0.2) is 14.8 Å². The maximum atomic E-state index is 5.93. The molecule has 0 aliphatic carbocycles. The minimum Gasteiger partial charge on any atom is -0.409 e. The molecule has 0 amide bonds. The molecule has 0 radical (unpaired) electrons. The molecule has 0 fully saturated rings. The standard InChI is InChI=1S/C14H11ClN4OS/c15-11-2-1-3-12(8-11)17-9-19-14(21)20-13(18-19)10-4-6-16-7-5-10/h1-8,17H,9H2. The number of nitrogens with one attached hydrogen (secondary N) is 1. The molecule has 0 saturated carbocycles. The molecule has 3 rings (SSSR count). The number of benzene rings is 1. The molecule has 2 aromatic heterocycles. The van der Waals surface area contributed by atoms with Gasteiger partial charge in [-0.15, -0.1) is 5.10 Å². The highest BCUT2D eigenvalue weighted by Crippen LogP contribution is 2.17. The van der Waals surface area contributed by atoms with Crippen molar-refractivity contribution in [3.8, 4) is 11.5 Å². The molecule has 0 aliphatic heterocycles. The number of nitrogens with zero attached hydrogens (tertiary/aromatic N) is 3. The zero-order valence-corrected chi connectivity index (χ0v) is 12.4. The van der Waals surface area contributed by atoms with Gasteiger partial charge in [-0.25, -0.2) is 4.68 Å². The van der Waals surface area contributed by atoms with Crippen LogP contribution in [-0.2, 0) is 6.67 Å². The van der Waals surface area contributed by atoms with Crippen LogP contribution in [0.5, 0.6) is 0 Å². The second kappa shape index (κ2) is 6.07. The van der Waals surface area contributed by atoms with Gasteiger partial charge in [0.1, 0.15) is 6.67 Å². The highest BCUT2D eigenvalue weighted by molar-refractivity contribution is 7.71. The third-order valence-corrected chi connectivity index (χ3v) is 3.32. The van der Waals surface area contributed by atoms with Crippen molar-refractivity contribution in [3.05, 3.63) is 58.7 Å². The predicted molar refractivity (Wildman–Crippen MR) is 83.6 cm³/mol. The number of anilines is 1. The Balaban J connectivity index is 1.78. The van der Waals surface area contributed by atoms with Gasteiger partial charge in [-0.2, -0.15) is 0 Å². The SMILES string of the molecule is S=c1oc(-c2ccncc2)nn1CNc1cccc(Cl)c1. The van der Waals surface area contributed by atoms with Crippen LogP contribution in [0, 0.1) is 4.84 Å². The van der Waals surface area contributed by atoms with E-state index in [1.807, 2.05) is 36.4 Å². The molecule has 0 bridgehead atoms. The summed E-state index contributed by atoms with van der Waals surface area (Å²) in [5, 5.41) is 8.19. The summed E-state index contributed by atoms with van der Waals surface area (Å²) in [5.41, 5.74) is 1.72. The van der Waals surface area contributed by atoms with Gasteiger partial charge in [0.25, 0.3) is 4.84 Å². The average Bonchev–Trinajstić information content (AvgIpc) is 2.87. The summed E-state index contributed by atoms with van der Waals surface area (Å²) in [6, 6.07) is 11.1. The second-order valence-corrected chi connectivity index (χ2v) is 5.04. The minimum absolute atomic E-state index is 0.302. The Bertz CT molecular complexity index is 800. The van der Waals surface area contributed by atoms with E-state index >= 15 is 0 Å². The van der Waals surface area contributed by atoms with Crippen molar-refractivity contribution in [2.45, 2.75) is 6.67 Å². The average molecular weight is 319 g/mol.